The molecule has 0 aliphatic rings. The van der Waals surface area contributed by atoms with Crippen LogP contribution in [0.1, 0.15) is 35.3 Å². The predicted octanol–water partition coefficient (Wildman–Crippen LogP) is 1.46. The first-order valence-electron chi connectivity index (χ1n) is 6.76. The van der Waals surface area contributed by atoms with Crippen molar-refractivity contribution in [1.82, 2.24) is 5.32 Å². The topological polar surface area (TPSA) is 64.3 Å². The molecule has 0 aliphatic heterocycles. The monoisotopic (exact) mass is 274 g/mol. The number of nitrogens with two attached hydrogens (primary N) is 1. The molecule has 1 aromatic carbocycles. The summed E-state index contributed by atoms with van der Waals surface area (Å²) in [5, 5.41) is 2.90. The second kappa shape index (κ2) is 8.36. The number of nitrogens with one attached hydrogen (secondary N) is 1. The van der Waals surface area contributed by atoms with E-state index in [0.717, 1.165) is 11.1 Å². The molecule has 1 aromatic rings. The zero-order valence-corrected chi connectivity index (χ0v) is 12.3. The molecule has 3 N–H and O–H groups in total. The molecule has 0 aromatic heterocycles. The van der Waals surface area contributed by atoms with Crippen LogP contribution in [0.2, 0.25) is 0 Å². The van der Waals surface area contributed by atoms with Gasteiger partial charge in [-0.25, -0.2) is 0 Å². The van der Waals surface area contributed by atoms with Gasteiger partial charge in [0.15, 0.2) is 0 Å². The predicted molar refractivity (Wildman–Crippen MR) is 80.5 cm³/mol. The van der Waals surface area contributed by atoms with Crippen molar-refractivity contribution in [1.29, 1.82) is 0 Å². The summed E-state index contributed by atoms with van der Waals surface area (Å²) < 4.78 is 5.28. The van der Waals surface area contributed by atoms with Crippen molar-refractivity contribution in [2.24, 2.45) is 5.73 Å². The van der Waals surface area contributed by atoms with Crippen molar-refractivity contribution < 1.29 is 9.53 Å². The van der Waals surface area contributed by atoms with Gasteiger partial charge in [0.1, 0.15) is 0 Å². The number of ether oxygens (including phenoxy) is 1. The van der Waals surface area contributed by atoms with E-state index in [1.54, 1.807) is 12.1 Å². The van der Waals surface area contributed by atoms with Crippen molar-refractivity contribution in [2.75, 3.05) is 19.8 Å². The van der Waals surface area contributed by atoms with Gasteiger partial charge >= 0.3 is 0 Å². The van der Waals surface area contributed by atoms with E-state index in [-0.39, 0.29) is 11.9 Å². The van der Waals surface area contributed by atoms with Crippen LogP contribution < -0.4 is 11.1 Å². The van der Waals surface area contributed by atoms with Gasteiger partial charge in [-0.15, -0.1) is 0 Å². The van der Waals surface area contributed by atoms with Crippen molar-refractivity contribution >= 4 is 5.91 Å². The molecular formula is C16H22N2O2. The number of amides is 1. The molecule has 0 fully saturated rings. The van der Waals surface area contributed by atoms with E-state index in [1.807, 2.05) is 26.8 Å². The van der Waals surface area contributed by atoms with Crippen molar-refractivity contribution in [3.8, 4) is 11.8 Å². The summed E-state index contributed by atoms with van der Waals surface area (Å²) in [6.07, 6.45) is 0. The van der Waals surface area contributed by atoms with Crippen LogP contribution >= 0.6 is 0 Å². The lowest BCUT2D eigenvalue weighted by molar-refractivity contribution is 0.0872. The van der Waals surface area contributed by atoms with Gasteiger partial charge in [0.25, 0.3) is 5.91 Å². The summed E-state index contributed by atoms with van der Waals surface area (Å²) in [6, 6.07) is 5.46. The van der Waals surface area contributed by atoms with Gasteiger partial charge in [0.05, 0.1) is 13.2 Å². The van der Waals surface area contributed by atoms with Gasteiger partial charge in [0.2, 0.25) is 0 Å². The summed E-state index contributed by atoms with van der Waals surface area (Å²) in [7, 11) is 0. The lowest BCUT2D eigenvalue weighted by Gasteiger charge is -2.14. The minimum Gasteiger partial charge on any atom is -0.380 e. The molecule has 0 saturated heterocycles. The third-order valence-corrected chi connectivity index (χ3v) is 2.77. The zero-order valence-electron chi connectivity index (χ0n) is 12.3. The first-order valence-corrected chi connectivity index (χ1v) is 6.76. The number of carbonyl (C=O) groups is 1. The van der Waals surface area contributed by atoms with Crippen LogP contribution in [0, 0.1) is 18.8 Å². The highest BCUT2D eigenvalue weighted by atomic mass is 16.5. The summed E-state index contributed by atoms with van der Waals surface area (Å²) in [5.41, 5.74) is 7.83. The Bertz CT molecular complexity index is 515. The fourth-order valence-corrected chi connectivity index (χ4v) is 1.69. The smallest absolute Gasteiger partial charge is 0.251 e. The molecule has 0 bridgehead atoms. The van der Waals surface area contributed by atoms with Crippen LogP contribution in [0.5, 0.6) is 0 Å². The maximum absolute atomic E-state index is 12.1. The summed E-state index contributed by atoms with van der Waals surface area (Å²) in [6.45, 7) is 7.26. The number of aryl methyl sites for hydroxylation is 1. The first-order chi connectivity index (χ1) is 9.58. The normalized spacial score (nSPS) is 11.4. The van der Waals surface area contributed by atoms with E-state index in [2.05, 4.69) is 17.2 Å². The second-order valence-corrected chi connectivity index (χ2v) is 4.57. The Morgan fingerprint density at radius 1 is 1.50 bits per heavy atom. The van der Waals surface area contributed by atoms with Crippen LogP contribution in [0.25, 0.3) is 0 Å². The zero-order chi connectivity index (χ0) is 15.0. The molecule has 108 valence electrons. The van der Waals surface area contributed by atoms with Crippen LogP contribution in [-0.4, -0.2) is 31.7 Å². The third kappa shape index (κ3) is 5.04. The minimum atomic E-state index is -0.118. The molecule has 0 aliphatic carbocycles. The summed E-state index contributed by atoms with van der Waals surface area (Å²) >= 11 is 0. The minimum absolute atomic E-state index is 0.0256. The number of hydrogen-bond acceptors (Lipinski definition) is 3. The molecule has 0 radical (unpaired) electrons. The highest BCUT2D eigenvalue weighted by Gasteiger charge is 2.10. The van der Waals surface area contributed by atoms with Crippen LogP contribution in [0.15, 0.2) is 18.2 Å². The number of hydrogen-bond donors (Lipinski definition) is 2. The Balaban J connectivity index is 2.78. The lowest BCUT2D eigenvalue weighted by atomic mass is 10.0. The molecule has 0 heterocycles. The standard InChI is InChI=1S/C16H22N2O2/c1-4-20-11-13(3)18-16(19)15-8-7-12(2)14(10-15)6-5-9-17/h7-8,10,13H,4,9,11,17H2,1-3H3,(H,18,19). The second-order valence-electron chi connectivity index (χ2n) is 4.57. The Kier molecular flexibility index (Phi) is 6.78. The van der Waals surface area contributed by atoms with Crippen molar-refractivity contribution in [3.05, 3.63) is 34.9 Å². The molecule has 0 spiro atoms. The van der Waals surface area contributed by atoms with E-state index in [9.17, 15) is 4.79 Å². The molecule has 0 saturated carbocycles. The average Bonchev–Trinajstić information content (AvgIpc) is 2.44. The Morgan fingerprint density at radius 3 is 2.90 bits per heavy atom. The number of carbonyl (C=O) groups excluding carboxylic acids is 1. The fraction of sp³-hybridized carbons (Fsp3) is 0.438. The molecule has 1 atom stereocenters. The molecule has 1 amide bonds. The van der Waals surface area contributed by atoms with Gasteiger partial charge in [0, 0.05) is 23.8 Å². The van der Waals surface area contributed by atoms with Gasteiger partial charge in [-0.2, -0.15) is 0 Å². The largest absolute Gasteiger partial charge is 0.380 e. The lowest BCUT2D eigenvalue weighted by Crippen LogP contribution is -2.35. The van der Waals surface area contributed by atoms with E-state index in [1.165, 1.54) is 0 Å². The highest BCUT2D eigenvalue weighted by Crippen LogP contribution is 2.10. The van der Waals surface area contributed by atoms with Crippen molar-refractivity contribution in [3.63, 3.8) is 0 Å². The van der Waals surface area contributed by atoms with E-state index in [0.29, 0.717) is 25.3 Å². The number of rotatable bonds is 5. The highest BCUT2D eigenvalue weighted by molar-refractivity contribution is 5.94. The third-order valence-electron chi connectivity index (χ3n) is 2.77. The molecule has 1 unspecified atom stereocenters. The summed E-state index contributed by atoms with van der Waals surface area (Å²) in [4.78, 5) is 12.1. The van der Waals surface area contributed by atoms with Gasteiger partial charge in [-0.05, 0) is 38.5 Å². The molecule has 4 heteroatoms. The maximum atomic E-state index is 12.1. The molecule has 1 rings (SSSR count). The first kappa shape index (κ1) is 16.2. The Labute approximate surface area is 120 Å². The maximum Gasteiger partial charge on any atom is 0.251 e. The fourth-order valence-electron chi connectivity index (χ4n) is 1.69. The van der Waals surface area contributed by atoms with Crippen molar-refractivity contribution in [2.45, 2.75) is 26.8 Å². The number of benzene rings is 1. The Morgan fingerprint density at radius 2 is 2.25 bits per heavy atom. The average molecular weight is 274 g/mol. The van der Waals surface area contributed by atoms with Gasteiger partial charge < -0.3 is 15.8 Å². The molecule has 4 nitrogen and oxygen atoms in total. The summed E-state index contributed by atoms with van der Waals surface area (Å²) in [5.74, 6) is 5.66. The molecular weight excluding hydrogens is 252 g/mol. The van der Waals surface area contributed by atoms with Crippen LogP contribution in [0.4, 0.5) is 0 Å². The van der Waals surface area contributed by atoms with Crippen LogP contribution in [0.3, 0.4) is 0 Å². The van der Waals surface area contributed by atoms with E-state index >= 15 is 0 Å². The quantitative estimate of drug-likeness (QED) is 0.799. The molecule has 20 heavy (non-hydrogen) atoms. The van der Waals surface area contributed by atoms with Gasteiger partial charge in [-0.3, -0.25) is 4.79 Å². The van der Waals surface area contributed by atoms with E-state index < -0.39 is 0 Å². The van der Waals surface area contributed by atoms with Crippen LogP contribution in [-0.2, 0) is 4.74 Å². The SMILES string of the molecule is CCOCC(C)NC(=O)c1ccc(C)c(C#CCN)c1. The van der Waals surface area contributed by atoms with Gasteiger partial charge in [-0.1, -0.05) is 17.9 Å². The van der Waals surface area contributed by atoms with E-state index in [4.69, 9.17) is 10.5 Å². The Hall–Kier alpha value is -1.83.